The monoisotopic (exact) mass is 367 g/mol. The van der Waals surface area contributed by atoms with E-state index in [1.165, 1.54) is 0 Å². The van der Waals surface area contributed by atoms with Crippen molar-refractivity contribution in [2.24, 2.45) is 0 Å². The summed E-state index contributed by atoms with van der Waals surface area (Å²) in [6.45, 7) is 0.380. The molecule has 0 atom stereocenters. The van der Waals surface area contributed by atoms with Gasteiger partial charge in [-0.2, -0.15) is 0 Å². The average Bonchev–Trinajstić information content (AvgIpc) is 3.36. The van der Waals surface area contributed by atoms with E-state index in [1.807, 2.05) is 83.4 Å². The van der Waals surface area contributed by atoms with Gasteiger partial charge in [-0.05, 0) is 36.4 Å². The van der Waals surface area contributed by atoms with Gasteiger partial charge in [-0.15, -0.1) is 0 Å². The molecular weight excluding hydrogens is 350 g/mol. The molecule has 5 rings (SSSR count). The van der Waals surface area contributed by atoms with Crippen LogP contribution in [-0.2, 0) is 6.54 Å². The van der Waals surface area contributed by atoms with E-state index >= 15 is 0 Å². The molecule has 136 valence electrons. The third-order valence-electron chi connectivity index (χ3n) is 4.76. The molecule has 0 saturated heterocycles. The summed E-state index contributed by atoms with van der Waals surface area (Å²) >= 11 is 0. The lowest BCUT2D eigenvalue weighted by Gasteiger charge is -2.21. The van der Waals surface area contributed by atoms with Crippen molar-refractivity contribution >= 4 is 28.2 Å². The minimum absolute atomic E-state index is 0.187. The number of fused-ring (bicyclic) bond motifs is 2. The van der Waals surface area contributed by atoms with Crippen molar-refractivity contribution in [3.63, 3.8) is 0 Å². The quantitative estimate of drug-likeness (QED) is 0.453. The van der Waals surface area contributed by atoms with Crippen LogP contribution >= 0.6 is 0 Å². The second-order valence-corrected chi connectivity index (χ2v) is 6.55. The molecule has 0 aliphatic heterocycles. The van der Waals surface area contributed by atoms with Crippen molar-refractivity contribution in [3.05, 3.63) is 103 Å². The Morgan fingerprint density at radius 1 is 0.964 bits per heavy atom. The van der Waals surface area contributed by atoms with Gasteiger partial charge in [-0.3, -0.25) is 9.69 Å². The van der Waals surface area contributed by atoms with Crippen LogP contribution < -0.4 is 4.90 Å². The Morgan fingerprint density at radius 2 is 1.75 bits per heavy atom. The van der Waals surface area contributed by atoms with Crippen molar-refractivity contribution < 1.29 is 9.21 Å². The summed E-state index contributed by atoms with van der Waals surface area (Å²) in [5.74, 6) is 0.132. The molecule has 3 heterocycles. The second-order valence-electron chi connectivity index (χ2n) is 6.55. The average molecular weight is 367 g/mol. The van der Waals surface area contributed by atoms with Crippen LogP contribution in [0, 0.1) is 0 Å². The Bertz CT molecular complexity index is 1240. The van der Waals surface area contributed by atoms with Crippen molar-refractivity contribution in [2.75, 3.05) is 4.90 Å². The van der Waals surface area contributed by atoms with Gasteiger partial charge < -0.3 is 8.82 Å². The molecule has 0 aliphatic carbocycles. The smallest absolute Gasteiger partial charge is 0.294 e. The predicted molar refractivity (Wildman–Crippen MR) is 108 cm³/mol. The number of hydrogen-bond acceptors (Lipinski definition) is 3. The number of rotatable bonds is 4. The fraction of sp³-hybridized carbons (Fsp3) is 0.0435. The Hall–Kier alpha value is -3.86. The van der Waals surface area contributed by atoms with Crippen LogP contribution in [0.25, 0.3) is 16.6 Å². The molecule has 0 saturated carbocycles. The zero-order valence-electron chi connectivity index (χ0n) is 15.0. The third kappa shape index (κ3) is 2.83. The molecule has 2 aromatic carbocycles. The molecule has 0 bridgehead atoms. The number of anilines is 1. The number of carbonyl (C=O) groups is 1. The summed E-state index contributed by atoms with van der Waals surface area (Å²) in [6.07, 6.45) is 3.75. The minimum Gasteiger partial charge on any atom is -0.451 e. The fourth-order valence-electron chi connectivity index (χ4n) is 3.37. The van der Waals surface area contributed by atoms with Gasteiger partial charge >= 0.3 is 0 Å². The molecule has 3 aromatic heterocycles. The molecular formula is C23H17N3O2. The molecule has 0 N–H and O–H groups in total. The number of aromatic nitrogens is 2. The number of amides is 1. The number of imidazole rings is 1. The first-order valence-electron chi connectivity index (χ1n) is 9.06. The maximum Gasteiger partial charge on any atom is 0.294 e. The highest BCUT2D eigenvalue weighted by Crippen LogP contribution is 2.24. The van der Waals surface area contributed by atoms with Crippen LogP contribution in [0.4, 0.5) is 5.69 Å². The number of nitrogens with zero attached hydrogens (tertiary/aromatic N) is 3. The molecule has 0 fully saturated rings. The van der Waals surface area contributed by atoms with E-state index in [0.717, 1.165) is 22.4 Å². The molecule has 28 heavy (non-hydrogen) atoms. The molecule has 1 amide bonds. The van der Waals surface area contributed by atoms with Gasteiger partial charge in [0.25, 0.3) is 5.91 Å². The highest BCUT2D eigenvalue weighted by atomic mass is 16.3. The Morgan fingerprint density at radius 3 is 2.61 bits per heavy atom. The fourth-order valence-corrected chi connectivity index (χ4v) is 3.37. The molecule has 0 spiro atoms. The lowest BCUT2D eigenvalue weighted by Crippen LogP contribution is -2.30. The number of pyridine rings is 1. The molecule has 0 unspecified atom stereocenters. The van der Waals surface area contributed by atoms with E-state index < -0.39 is 0 Å². The summed E-state index contributed by atoms with van der Waals surface area (Å²) in [5, 5.41) is 0.911. The van der Waals surface area contributed by atoms with Gasteiger partial charge in [0.1, 0.15) is 11.2 Å². The minimum atomic E-state index is -0.187. The van der Waals surface area contributed by atoms with Crippen LogP contribution in [0.2, 0.25) is 0 Å². The van der Waals surface area contributed by atoms with Crippen LogP contribution in [0.3, 0.4) is 0 Å². The van der Waals surface area contributed by atoms with E-state index in [2.05, 4.69) is 4.98 Å². The molecule has 0 aliphatic rings. The predicted octanol–water partition coefficient (Wildman–Crippen LogP) is 4.93. The maximum absolute atomic E-state index is 13.4. The molecule has 5 aromatic rings. The summed E-state index contributed by atoms with van der Waals surface area (Å²) in [5.41, 5.74) is 3.28. The van der Waals surface area contributed by atoms with Crippen molar-refractivity contribution in [2.45, 2.75) is 6.54 Å². The summed E-state index contributed by atoms with van der Waals surface area (Å²) in [4.78, 5) is 19.5. The van der Waals surface area contributed by atoms with Crippen molar-refractivity contribution in [3.8, 4) is 0 Å². The normalized spacial score (nSPS) is 11.1. The first-order chi connectivity index (χ1) is 13.8. The second kappa shape index (κ2) is 6.70. The number of benzene rings is 2. The van der Waals surface area contributed by atoms with Gasteiger partial charge in [0.2, 0.25) is 0 Å². The lowest BCUT2D eigenvalue weighted by molar-refractivity contribution is 0.0960. The number of hydrogen-bond donors (Lipinski definition) is 0. The van der Waals surface area contributed by atoms with Gasteiger partial charge in [0.05, 0.1) is 18.4 Å². The lowest BCUT2D eigenvalue weighted by atomic mass is 10.2. The highest BCUT2D eigenvalue weighted by molar-refractivity contribution is 6.06. The molecule has 0 radical (unpaired) electrons. The zero-order chi connectivity index (χ0) is 18.9. The SMILES string of the molecule is O=C(c1cc2ccccc2o1)N(Cc1cnc2ccccn12)c1ccccc1. The van der Waals surface area contributed by atoms with E-state index in [4.69, 9.17) is 4.42 Å². The van der Waals surface area contributed by atoms with Crippen molar-refractivity contribution in [1.29, 1.82) is 0 Å². The zero-order valence-corrected chi connectivity index (χ0v) is 15.0. The Labute approximate surface area is 161 Å². The van der Waals surface area contributed by atoms with Crippen LogP contribution in [-0.4, -0.2) is 15.3 Å². The van der Waals surface area contributed by atoms with Gasteiger partial charge in [0.15, 0.2) is 5.76 Å². The van der Waals surface area contributed by atoms with Crippen LogP contribution in [0.15, 0.2) is 95.7 Å². The summed E-state index contributed by atoms with van der Waals surface area (Å²) < 4.78 is 7.81. The largest absolute Gasteiger partial charge is 0.451 e. The molecule has 5 heteroatoms. The van der Waals surface area contributed by atoms with Crippen LogP contribution in [0.1, 0.15) is 16.2 Å². The third-order valence-corrected chi connectivity index (χ3v) is 4.76. The summed E-state index contributed by atoms with van der Waals surface area (Å²) in [6, 6.07) is 24.9. The molecule has 5 nitrogen and oxygen atoms in total. The van der Waals surface area contributed by atoms with E-state index in [1.54, 1.807) is 17.2 Å². The first kappa shape index (κ1) is 16.3. The van der Waals surface area contributed by atoms with Gasteiger partial charge in [-0.25, -0.2) is 4.98 Å². The Balaban J connectivity index is 1.57. The topological polar surface area (TPSA) is 50.8 Å². The number of furan rings is 1. The van der Waals surface area contributed by atoms with Gasteiger partial charge in [-0.1, -0.05) is 42.5 Å². The van der Waals surface area contributed by atoms with Gasteiger partial charge in [0, 0.05) is 17.3 Å². The highest BCUT2D eigenvalue weighted by Gasteiger charge is 2.23. The first-order valence-corrected chi connectivity index (χ1v) is 9.06. The Kier molecular flexibility index (Phi) is 3.91. The maximum atomic E-state index is 13.4. The van der Waals surface area contributed by atoms with E-state index in [9.17, 15) is 4.79 Å². The standard InChI is InChI=1S/C23H17N3O2/c27-23(21-14-17-8-4-5-11-20(17)28-21)26(18-9-2-1-3-10-18)16-19-15-24-22-12-6-7-13-25(19)22/h1-15H,16H2. The van der Waals surface area contributed by atoms with E-state index in [-0.39, 0.29) is 5.91 Å². The summed E-state index contributed by atoms with van der Waals surface area (Å²) in [7, 11) is 0. The number of carbonyl (C=O) groups excluding carboxylic acids is 1. The number of para-hydroxylation sites is 2. The van der Waals surface area contributed by atoms with Crippen molar-refractivity contribution in [1.82, 2.24) is 9.38 Å². The van der Waals surface area contributed by atoms with Crippen LogP contribution in [0.5, 0.6) is 0 Å². The van der Waals surface area contributed by atoms with E-state index in [0.29, 0.717) is 17.9 Å².